The maximum absolute atomic E-state index is 10.9. The molecule has 3 nitrogen and oxygen atoms in total. The molecule has 1 aliphatic carbocycles. The first-order valence-corrected chi connectivity index (χ1v) is 8.26. The lowest BCUT2D eigenvalue weighted by molar-refractivity contribution is -0.0103. The second-order valence-electron chi connectivity index (χ2n) is 6.32. The molecule has 1 saturated carbocycles. The number of hydrogen-bond acceptors (Lipinski definition) is 3. The average molecular weight is 291 g/mol. The van der Waals surface area contributed by atoms with Crippen molar-refractivity contribution in [3.05, 3.63) is 29.8 Å². The zero-order valence-corrected chi connectivity index (χ0v) is 13.3. The summed E-state index contributed by atoms with van der Waals surface area (Å²) in [5, 5.41) is 10.9. The predicted octanol–water partition coefficient (Wildman–Crippen LogP) is 3.66. The second-order valence-corrected chi connectivity index (χ2v) is 6.32. The largest absolute Gasteiger partial charge is 0.494 e. The minimum atomic E-state index is -0.476. The monoisotopic (exact) mass is 291 g/mol. The maximum atomic E-state index is 10.9. The van der Waals surface area contributed by atoms with Crippen LogP contribution in [0.5, 0.6) is 5.75 Å². The molecule has 1 unspecified atom stereocenters. The van der Waals surface area contributed by atoms with Crippen LogP contribution in [0.4, 0.5) is 0 Å². The third-order valence-electron chi connectivity index (χ3n) is 5.17. The number of nitrogens with two attached hydrogens (primary N) is 1. The molecular formula is C18H29NO2. The second kappa shape index (κ2) is 7.28. The Hall–Kier alpha value is -1.06. The number of benzene rings is 1. The van der Waals surface area contributed by atoms with Crippen molar-refractivity contribution in [1.29, 1.82) is 0 Å². The van der Waals surface area contributed by atoms with Crippen molar-refractivity contribution in [2.45, 2.75) is 52.1 Å². The van der Waals surface area contributed by atoms with E-state index in [1.807, 2.05) is 31.2 Å². The van der Waals surface area contributed by atoms with Crippen LogP contribution in [0.15, 0.2) is 24.3 Å². The first-order chi connectivity index (χ1) is 10.1. The van der Waals surface area contributed by atoms with Gasteiger partial charge in [0, 0.05) is 12.0 Å². The van der Waals surface area contributed by atoms with E-state index in [1.54, 1.807) is 0 Å². The smallest absolute Gasteiger partial charge is 0.119 e. The third kappa shape index (κ3) is 3.58. The highest BCUT2D eigenvalue weighted by molar-refractivity contribution is 5.29. The van der Waals surface area contributed by atoms with Crippen LogP contribution in [0, 0.1) is 11.3 Å². The van der Waals surface area contributed by atoms with Gasteiger partial charge in [0.25, 0.3) is 0 Å². The van der Waals surface area contributed by atoms with Gasteiger partial charge in [0.1, 0.15) is 5.75 Å². The fourth-order valence-corrected chi connectivity index (χ4v) is 3.52. The number of aliphatic hydroxyl groups is 1. The molecule has 21 heavy (non-hydrogen) atoms. The summed E-state index contributed by atoms with van der Waals surface area (Å²) in [5.41, 5.74) is 6.86. The van der Waals surface area contributed by atoms with Crippen LogP contribution in [0.2, 0.25) is 0 Å². The van der Waals surface area contributed by atoms with Gasteiger partial charge in [-0.3, -0.25) is 0 Å². The Balaban J connectivity index is 2.10. The lowest BCUT2D eigenvalue weighted by atomic mass is 9.65. The third-order valence-corrected chi connectivity index (χ3v) is 5.17. The van der Waals surface area contributed by atoms with E-state index in [0.29, 0.717) is 13.2 Å². The van der Waals surface area contributed by atoms with Crippen molar-refractivity contribution >= 4 is 0 Å². The summed E-state index contributed by atoms with van der Waals surface area (Å²) in [6.45, 7) is 5.44. The van der Waals surface area contributed by atoms with E-state index in [4.69, 9.17) is 10.5 Å². The molecule has 2 rings (SSSR count). The van der Waals surface area contributed by atoms with E-state index in [1.165, 1.54) is 19.3 Å². The summed E-state index contributed by atoms with van der Waals surface area (Å²) < 4.78 is 5.46. The first-order valence-electron chi connectivity index (χ1n) is 8.26. The Kier molecular flexibility index (Phi) is 5.65. The minimum absolute atomic E-state index is 0.154. The zero-order valence-electron chi connectivity index (χ0n) is 13.3. The fraction of sp³-hybridized carbons (Fsp3) is 0.667. The van der Waals surface area contributed by atoms with E-state index in [9.17, 15) is 5.11 Å². The van der Waals surface area contributed by atoms with Crippen molar-refractivity contribution < 1.29 is 9.84 Å². The number of ether oxygens (including phenoxy) is 1. The molecule has 3 N–H and O–H groups in total. The SMILES string of the molecule is CCOc1ccc(C(O)C2(CN)CCC(CC)CC2)cc1. The molecule has 118 valence electrons. The van der Waals surface area contributed by atoms with Gasteiger partial charge >= 0.3 is 0 Å². The highest BCUT2D eigenvalue weighted by Gasteiger charge is 2.40. The summed E-state index contributed by atoms with van der Waals surface area (Å²) >= 11 is 0. The van der Waals surface area contributed by atoms with Crippen molar-refractivity contribution in [3.63, 3.8) is 0 Å². The summed E-state index contributed by atoms with van der Waals surface area (Å²) in [5.74, 6) is 1.65. The predicted molar refractivity (Wildman–Crippen MR) is 86.3 cm³/mol. The first kappa shape index (κ1) is 16.3. The Bertz CT molecular complexity index is 421. The summed E-state index contributed by atoms with van der Waals surface area (Å²) in [4.78, 5) is 0. The molecule has 1 atom stereocenters. The number of hydrogen-bond donors (Lipinski definition) is 2. The van der Waals surface area contributed by atoms with Crippen molar-refractivity contribution in [2.24, 2.45) is 17.1 Å². The molecule has 1 aromatic rings. The Morgan fingerprint density at radius 3 is 2.33 bits per heavy atom. The van der Waals surface area contributed by atoms with Gasteiger partial charge in [-0.05, 0) is 56.2 Å². The molecule has 0 radical (unpaired) electrons. The summed E-state index contributed by atoms with van der Waals surface area (Å²) in [6, 6.07) is 7.81. The Morgan fingerprint density at radius 1 is 1.24 bits per heavy atom. The molecule has 0 aliphatic heterocycles. The van der Waals surface area contributed by atoms with E-state index >= 15 is 0 Å². The van der Waals surface area contributed by atoms with Gasteiger partial charge in [-0.1, -0.05) is 25.5 Å². The van der Waals surface area contributed by atoms with Gasteiger partial charge in [0.2, 0.25) is 0 Å². The molecule has 1 aliphatic rings. The van der Waals surface area contributed by atoms with E-state index < -0.39 is 6.10 Å². The van der Waals surface area contributed by atoms with Gasteiger partial charge in [-0.15, -0.1) is 0 Å². The zero-order chi connectivity index (χ0) is 15.3. The van der Waals surface area contributed by atoms with Crippen LogP contribution in [0.1, 0.15) is 57.6 Å². The molecular weight excluding hydrogens is 262 g/mol. The summed E-state index contributed by atoms with van der Waals surface area (Å²) in [6.07, 6.45) is 5.17. The van der Waals surface area contributed by atoms with Crippen LogP contribution in [-0.4, -0.2) is 18.3 Å². The van der Waals surface area contributed by atoms with Gasteiger partial charge in [0.05, 0.1) is 12.7 Å². The molecule has 3 heteroatoms. The number of rotatable bonds is 6. The van der Waals surface area contributed by atoms with Crippen LogP contribution in [0.25, 0.3) is 0 Å². The Labute approximate surface area is 128 Å². The standard InChI is InChI=1S/C18H29NO2/c1-3-14-9-11-18(13-19,12-10-14)17(20)15-5-7-16(8-6-15)21-4-2/h5-8,14,17,20H,3-4,9-13,19H2,1-2H3. The molecule has 0 spiro atoms. The minimum Gasteiger partial charge on any atom is -0.494 e. The highest BCUT2D eigenvalue weighted by Crippen LogP contribution is 2.47. The van der Waals surface area contributed by atoms with Crippen molar-refractivity contribution in [3.8, 4) is 5.75 Å². The lowest BCUT2D eigenvalue weighted by Gasteiger charge is -2.43. The topological polar surface area (TPSA) is 55.5 Å². The van der Waals surface area contributed by atoms with Gasteiger partial charge in [-0.2, -0.15) is 0 Å². The fourth-order valence-electron chi connectivity index (χ4n) is 3.52. The van der Waals surface area contributed by atoms with E-state index in [0.717, 1.165) is 30.1 Å². The molecule has 0 heterocycles. The lowest BCUT2D eigenvalue weighted by Crippen LogP contribution is -2.40. The molecule has 0 amide bonds. The molecule has 0 saturated heterocycles. The van der Waals surface area contributed by atoms with Crippen molar-refractivity contribution in [2.75, 3.05) is 13.2 Å². The van der Waals surface area contributed by atoms with Crippen LogP contribution >= 0.6 is 0 Å². The van der Waals surface area contributed by atoms with E-state index in [2.05, 4.69) is 6.92 Å². The summed E-state index contributed by atoms with van der Waals surface area (Å²) in [7, 11) is 0. The van der Waals surface area contributed by atoms with E-state index in [-0.39, 0.29) is 5.41 Å². The van der Waals surface area contributed by atoms with Gasteiger partial charge in [0.15, 0.2) is 0 Å². The Morgan fingerprint density at radius 2 is 1.86 bits per heavy atom. The quantitative estimate of drug-likeness (QED) is 0.841. The van der Waals surface area contributed by atoms with Crippen LogP contribution in [-0.2, 0) is 0 Å². The van der Waals surface area contributed by atoms with Crippen LogP contribution in [0.3, 0.4) is 0 Å². The van der Waals surface area contributed by atoms with Crippen molar-refractivity contribution in [1.82, 2.24) is 0 Å². The van der Waals surface area contributed by atoms with Gasteiger partial charge < -0.3 is 15.6 Å². The van der Waals surface area contributed by atoms with Crippen LogP contribution < -0.4 is 10.5 Å². The molecule has 1 fully saturated rings. The molecule has 1 aromatic carbocycles. The molecule has 0 aromatic heterocycles. The normalized spacial score (nSPS) is 27.3. The number of aliphatic hydroxyl groups excluding tert-OH is 1. The molecule has 0 bridgehead atoms. The maximum Gasteiger partial charge on any atom is 0.119 e. The highest BCUT2D eigenvalue weighted by atomic mass is 16.5. The van der Waals surface area contributed by atoms with Gasteiger partial charge in [-0.25, -0.2) is 0 Å². The average Bonchev–Trinajstić information content (AvgIpc) is 2.55.